The predicted molar refractivity (Wildman–Crippen MR) is 130 cm³/mol. The standard InChI is InChI=1S/C26H24FN3O5/c1-29-22-10-7-18(24(31)28-14-16-4-8-19(34-2)9-5-16)13-20(22)25(32)30(26(29)33)15-17-6-11-23(35-3)21(27)12-17/h4-13H,14-15H2,1-3H3,(H,28,31). The first-order valence-corrected chi connectivity index (χ1v) is 10.8. The van der Waals surface area contributed by atoms with Crippen molar-refractivity contribution in [1.82, 2.24) is 14.5 Å². The number of carbonyl (C=O) groups excluding carboxylic acids is 1. The lowest BCUT2D eigenvalue weighted by Gasteiger charge is -2.13. The first-order valence-electron chi connectivity index (χ1n) is 10.8. The van der Waals surface area contributed by atoms with Crippen LogP contribution in [0.25, 0.3) is 10.9 Å². The van der Waals surface area contributed by atoms with Crippen LogP contribution in [0, 0.1) is 5.82 Å². The van der Waals surface area contributed by atoms with Gasteiger partial charge in [-0.1, -0.05) is 18.2 Å². The van der Waals surface area contributed by atoms with E-state index in [1.54, 1.807) is 44.5 Å². The van der Waals surface area contributed by atoms with Crippen LogP contribution in [0.2, 0.25) is 0 Å². The number of amides is 1. The van der Waals surface area contributed by atoms with Crippen LogP contribution in [0.4, 0.5) is 4.39 Å². The Hall–Kier alpha value is -4.40. The quantitative estimate of drug-likeness (QED) is 0.442. The molecule has 3 aromatic carbocycles. The average Bonchev–Trinajstić information content (AvgIpc) is 2.88. The molecule has 4 rings (SSSR count). The van der Waals surface area contributed by atoms with Crippen molar-refractivity contribution in [2.75, 3.05) is 14.2 Å². The van der Waals surface area contributed by atoms with E-state index >= 15 is 0 Å². The van der Waals surface area contributed by atoms with Crippen molar-refractivity contribution in [1.29, 1.82) is 0 Å². The summed E-state index contributed by atoms with van der Waals surface area (Å²) in [6, 6.07) is 16.1. The molecule has 0 spiro atoms. The molecule has 0 saturated heterocycles. The highest BCUT2D eigenvalue weighted by Gasteiger charge is 2.15. The Labute approximate surface area is 200 Å². The minimum absolute atomic E-state index is 0.0674. The molecular weight excluding hydrogens is 453 g/mol. The third-order valence-corrected chi connectivity index (χ3v) is 5.78. The normalized spacial score (nSPS) is 10.9. The van der Waals surface area contributed by atoms with Gasteiger partial charge in [-0.3, -0.25) is 18.7 Å². The minimum Gasteiger partial charge on any atom is -0.497 e. The van der Waals surface area contributed by atoms with Crippen LogP contribution in [0.3, 0.4) is 0 Å². The van der Waals surface area contributed by atoms with Crippen molar-refractivity contribution in [3.8, 4) is 11.5 Å². The lowest BCUT2D eigenvalue weighted by atomic mass is 10.1. The van der Waals surface area contributed by atoms with Gasteiger partial charge in [-0.05, 0) is 53.6 Å². The molecule has 0 bridgehead atoms. The van der Waals surface area contributed by atoms with Crippen molar-refractivity contribution in [2.24, 2.45) is 7.05 Å². The van der Waals surface area contributed by atoms with Gasteiger partial charge in [0.05, 0.1) is 31.7 Å². The Bertz CT molecular complexity index is 1520. The van der Waals surface area contributed by atoms with Crippen LogP contribution >= 0.6 is 0 Å². The second-order valence-corrected chi connectivity index (χ2v) is 7.96. The van der Waals surface area contributed by atoms with E-state index in [1.807, 2.05) is 12.1 Å². The number of ether oxygens (including phenoxy) is 2. The van der Waals surface area contributed by atoms with Gasteiger partial charge in [0.1, 0.15) is 5.75 Å². The second-order valence-electron chi connectivity index (χ2n) is 7.96. The number of halogens is 1. The molecule has 0 radical (unpaired) electrons. The van der Waals surface area contributed by atoms with Gasteiger partial charge in [-0.25, -0.2) is 9.18 Å². The van der Waals surface area contributed by atoms with E-state index in [0.717, 1.165) is 10.1 Å². The summed E-state index contributed by atoms with van der Waals surface area (Å²) in [5, 5.41) is 3.03. The van der Waals surface area contributed by atoms with Crippen LogP contribution in [-0.2, 0) is 20.1 Å². The number of aromatic nitrogens is 2. The monoisotopic (exact) mass is 477 g/mol. The van der Waals surface area contributed by atoms with Crippen molar-refractivity contribution >= 4 is 16.8 Å². The number of hydrogen-bond acceptors (Lipinski definition) is 5. The van der Waals surface area contributed by atoms with Crippen molar-refractivity contribution in [2.45, 2.75) is 13.1 Å². The summed E-state index contributed by atoms with van der Waals surface area (Å²) in [4.78, 5) is 38.8. The van der Waals surface area contributed by atoms with Gasteiger partial charge in [-0.15, -0.1) is 0 Å². The van der Waals surface area contributed by atoms with Gasteiger partial charge in [0, 0.05) is 19.2 Å². The van der Waals surface area contributed by atoms with Crippen LogP contribution in [-0.4, -0.2) is 29.3 Å². The van der Waals surface area contributed by atoms with Crippen molar-refractivity contribution < 1.29 is 18.7 Å². The summed E-state index contributed by atoms with van der Waals surface area (Å²) in [5.41, 5.74) is 0.874. The SMILES string of the molecule is COc1ccc(CNC(=O)c2ccc3c(c2)c(=O)n(Cc2ccc(OC)c(F)c2)c(=O)n3C)cc1. The Morgan fingerprint density at radius 1 is 0.943 bits per heavy atom. The summed E-state index contributed by atoms with van der Waals surface area (Å²) in [6.07, 6.45) is 0. The smallest absolute Gasteiger partial charge is 0.331 e. The van der Waals surface area contributed by atoms with Gasteiger partial charge in [0.25, 0.3) is 11.5 Å². The molecule has 0 fully saturated rings. The highest BCUT2D eigenvalue weighted by Crippen LogP contribution is 2.18. The summed E-state index contributed by atoms with van der Waals surface area (Å²) in [5.74, 6) is -0.169. The minimum atomic E-state index is -0.591. The summed E-state index contributed by atoms with van der Waals surface area (Å²) < 4.78 is 26.5. The fourth-order valence-electron chi connectivity index (χ4n) is 3.82. The van der Waals surface area contributed by atoms with E-state index in [9.17, 15) is 18.8 Å². The molecule has 180 valence electrons. The van der Waals surface area contributed by atoms with Crippen LogP contribution in [0.1, 0.15) is 21.5 Å². The number of benzene rings is 3. The zero-order valence-corrected chi connectivity index (χ0v) is 19.5. The lowest BCUT2D eigenvalue weighted by Crippen LogP contribution is -2.39. The number of fused-ring (bicyclic) bond motifs is 1. The molecule has 8 nitrogen and oxygen atoms in total. The molecular formula is C26H24FN3O5. The molecule has 9 heteroatoms. The molecule has 35 heavy (non-hydrogen) atoms. The number of hydrogen-bond donors (Lipinski definition) is 1. The van der Waals surface area contributed by atoms with Gasteiger partial charge < -0.3 is 14.8 Å². The van der Waals surface area contributed by atoms with E-state index in [1.165, 1.54) is 29.9 Å². The average molecular weight is 477 g/mol. The zero-order chi connectivity index (χ0) is 25.1. The molecule has 0 saturated carbocycles. The fraction of sp³-hybridized carbons (Fsp3) is 0.192. The highest BCUT2D eigenvalue weighted by atomic mass is 19.1. The Kier molecular flexibility index (Phi) is 6.68. The molecule has 1 amide bonds. The predicted octanol–water partition coefficient (Wildman–Crippen LogP) is 2.83. The second kappa shape index (κ2) is 9.84. The first-order chi connectivity index (χ1) is 16.8. The molecule has 0 atom stereocenters. The molecule has 0 aliphatic rings. The van der Waals surface area contributed by atoms with Crippen LogP contribution < -0.4 is 26.0 Å². The number of methoxy groups -OCH3 is 2. The molecule has 1 heterocycles. The van der Waals surface area contributed by atoms with Gasteiger partial charge in [0.15, 0.2) is 11.6 Å². The Morgan fingerprint density at radius 2 is 1.66 bits per heavy atom. The van der Waals surface area contributed by atoms with E-state index in [-0.39, 0.29) is 29.2 Å². The molecule has 0 unspecified atom stereocenters. The van der Waals surface area contributed by atoms with Crippen LogP contribution in [0.15, 0.2) is 70.3 Å². The van der Waals surface area contributed by atoms with Gasteiger partial charge >= 0.3 is 5.69 Å². The summed E-state index contributed by atoms with van der Waals surface area (Å²) in [7, 11) is 4.47. The maximum absolute atomic E-state index is 14.1. The van der Waals surface area contributed by atoms with Gasteiger partial charge in [0.2, 0.25) is 0 Å². The molecule has 1 aromatic heterocycles. The summed E-state index contributed by atoms with van der Waals surface area (Å²) >= 11 is 0. The topological polar surface area (TPSA) is 91.6 Å². The molecule has 0 aliphatic heterocycles. The largest absolute Gasteiger partial charge is 0.497 e. The maximum atomic E-state index is 14.1. The number of aryl methyl sites for hydroxylation is 1. The number of carbonyl (C=O) groups is 1. The highest BCUT2D eigenvalue weighted by molar-refractivity contribution is 5.97. The van der Waals surface area contributed by atoms with Gasteiger partial charge in [-0.2, -0.15) is 0 Å². The van der Waals surface area contributed by atoms with E-state index in [2.05, 4.69) is 5.32 Å². The number of nitrogens with one attached hydrogen (secondary N) is 1. The zero-order valence-electron chi connectivity index (χ0n) is 19.5. The fourth-order valence-corrected chi connectivity index (χ4v) is 3.82. The van der Waals surface area contributed by atoms with Crippen molar-refractivity contribution in [3.63, 3.8) is 0 Å². The third-order valence-electron chi connectivity index (χ3n) is 5.78. The molecule has 4 aromatic rings. The Morgan fingerprint density at radius 3 is 2.31 bits per heavy atom. The van der Waals surface area contributed by atoms with E-state index < -0.39 is 17.1 Å². The third kappa shape index (κ3) is 4.79. The van der Waals surface area contributed by atoms with E-state index in [4.69, 9.17) is 9.47 Å². The number of rotatable bonds is 7. The van der Waals surface area contributed by atoms with Crippen molar-refractivity contribution in [3.05, 3.63) is 104 Å². The Balaban J connectivity index is 1.64. The van der Waals surface area contributed by atoms with E-state index in [0.29, 0.717) is 23.4 Å². The molecule has 1 N–H and O–H groups in total. The first kappa shape index (κ1) is 23.7. The van der Waals surface area contributed by atoms with Crippen LogP contribution in [0.5, 0.6) is 11.5 Å². The lowest BCUT2D eigenvalue weighted by molar-refractivity contribution is 0.0951. The summed E-state index contributed by atoms with van der Waals surface area (Å²) in [6.45, 7) is 0.164. The molecule has 0 aliphatic carbocycles. The maximum Gasteiger partial charge on any atom is 0.331 e. The number of nitrogens with zero attached hydrogens (tertiary/aromatic N) is 2.